The topological polar surface area (TPSA) is 105 Å². The molecule has 36 heavy (non-hydrogen) atoms. The van der Waals surface area contributed by atoms with Gasteiger partial charge in [0.25, 0.3) is 15.9 Å². The Hall–Kier alpha value is -3.87. The first-order chi connectivity index (χ1) is 17.0. The molecule has 0 aliphatic carbocycles. The van der Waals surface area contributed by atoms with Crippen molar-refractivity contribution in [3.8, 4) is 12.3 Å². The summed E-state index contributed by atoms with van der Waals surface area (Å²) >= 11 is 0. The lowest BCUT2D eigenvalue weighted by atomic mass is 9.98. The molecule has 0 unspecified atom stereocenters. The van der Waals surface area contributed by atoms with E-state index in [-0.39, 0.29) is 29.2 Å². The molecule has 2 aromatic carbocycles. The average Bonchev–Trinajstić information content (AvgIpc) is 2.84. The number of pyridine rings is 1. The van der Waals surface area contributed by atoms with Gasteiger partial charge in [-0.25, -0.2) is 17.8 Å². The van der Waals surface area contributed by atoms with Crippen LogP contribution in [0.15, 0.2) is 78.0 Å². The molecule has 0 aliphatic heterocycles. The molecule has 186 valence electrons. The third-order valence-corrected chi connectivity index (χ3v) is 6.86. The number of aromatic nitrogens is 1. The molecule has 0 aliphatic rings. The lowest BCUT2D eigenvalue weighted by Gasteiger charge is -2.19. The molecule has 3 aromatic rings. The van der Waals surface area contributed by atoms with Crippen molar-refractivity contribution in [1.82, 2.24) is 15.0 Å². The quantitative estimate of drug-likeness (QED) is 0.411. The van der Waals surface area contributed by atoms with Crippen molar-refractivity contribution in [3.05, 3.63) is 95.4 Å². The van der Waals surface area contributed by atoms with Crippen molar-refractivity contribution < 1.29 is 22.4 Å². The van der Waals surface area contributed by atoms with Gasteiger partial charge in [-0.05, 0) is 61.7 Å². The monoisotopic (exact) mass is 507 g/mol. The first-order valence-corrected chi connectivity index (χ1v) is 12.6. The normalized spacial score (nSPS) is 12.4. The number of Topliss-reactive ketones (excluding diaryl/α,β-unsaturated/α-hetero) is 1. The second-order valence-corrected chi connectivity index (χ2v) is 10.4. The Morgan fingerprint density at radius 2 is 1.69 bits per heavy atom. The van der Waals surface area contributed by atoms with Gasteiger partial charge in [-0.3, -0.25) is 9.59 Å². The van der Waals surface area contributed by atoms with Crippen LogP contribution in [-0.2, 0) is 27.7 Å². The van der Waals surface area contributed by atoms with E-state index in [4.69, 9.17) is 6.42 Å². The Morgan fingerprint density at radius 3 is 2.28 bits per heavy atom. The fourth-order valence-electron chi connectivity index (χ4n) is 3.35. The van der Waals surface area contributed by atoms with Crippen molar-refractivity contribution in [1.29, 1.82) is 0 Å². The number of sulfonamides is 1. The smallest absolute Gasteiger partial charge is 0.259 e. The minimum absolute atomic E-state index is 0.0855. The van der Waals surface area contributed by atoms with Gasteiger partial charge in [0.1, 0.15) is 5.82 Å². The van der Waals surface area contributed by atoms with Crippen LogP contribution in [-0.4, -0.2) is 36.7 Å². The summed E-state index contributed by atoms with van der Waals surface area (Å²) in [4.78, 5) is 29.9. The summed E-state index contributed by atoms with van der Waals surface area (Å²) in [5.41, 5.74) is 0.449. The Morgan fingerprint density at radius 1 is 1.03 bits per heavy atom. The van der Waals surface area contributed by atoms with Crippen LogP contribution < -0.4 is 10.0 Å². The van der Waals surface area contributed by atoms with Crippen LogP contribution in [0.3, 0.4) is 0 Å². The Bertz CT molecular complexity index is 1370. The molecule has 7 nitrogen and oxygen atoms in total. The number of carbonyl (C=O) groups is 2. The Labute approximate surface area is 210 Å². The molecule has 1 atom stereocenters. The van der Waals surface area contributed by atoms with Crippen molar-refractivity contribution in [2.75, 3.05) is 0 Å². The van der Waals surface area contributed by atoms with Crippen LogP contribution in [0.25, 0.3) is 0 Å². The van der Waals surface area contributed by atoms with Crippen LogP contribution in [0, 0.1) is 18.2 Å². The summed E-state index contributed by atoms with van der Waals surface area (Å²) in [6.45, 7) is 3.09. The second-order valence-electron chi connectivity index (χ2n) is 8.75. The number of hydrogen-bond donors (Lipinski definition) is 2. The van der Waals surface area contributed by atoms with E-state index in [0.717, 1.165) is 5.56 Å². The van der Waals surface area contributed by atoms with E-state index < -0.39 is 33.3 Å². The maximum atomic E-state index is 13.2. The fourth-order valence-corrected chi connectivity index (χ4v) is 4.63. The number of ketones is 1. The molecule has 1 aromatic heterocycles. The fraction of sp³-hybridized carbons (Fsp3) is 0.222. The molecule has 0 spiro atoms. The molecule has 0 saturated heterocycles. The van der Waals surface area contributed by atoms with E-state index in [1.165, 1.54) is 42.6 Å². The summed E-state index contributed by atoms with van der Waals surface area (Å²) in [7, 11) is -3.95. The van der Waals surface area contributed by atoms with E-state index in [9.17, 15) is 22.4 Å². The van der Waals surface area contributed by atoms with E-state index in [1.807, 2.05) is 30.3 Å². The minimum Gasteiger partial charge on any atom is -0.342 e. The predicted molar refractivity (Wildman–Crippen MR) is 134 cm³/mol. The first-order valence-electron chi connectivity index (χ1n) is 11.1. The number of amides is 1. The molecule has 0 saturated carbocycles. The van der Waals surface area contributed by atoms with Crippen molar-refractivity contribution in [2.24, 2.45) is 0 Å². The van der Waals surface area contributed by atoms with E-state index in [0.29, 0.717) is 5.56 Å². The lowest BCUT2D eigenvalue weighted by Crippen LogP contribution is -2.43. The lowest BCUT2D eigenvalue weighted by molar-refractivity contribution is -0.120. The van der Waals surface area contributed by atoms with Gasteiger partial charge in [0, 0.05) is 18.2 Å². The molecular weight excluding hydrogens is 481 g/mol. The van der Waals surface area contributed by atoms with Crippen LogP contribution in [0.1, 0.15) is 35.3 Å². The second kappa shape index (κ2) is 11.2. The third-order valence-electron chi connectivity index (χ3n) is 5.28. The van der Waals surface area contributed by atoms with Gasteiger partial charge in [-0.15, -0.1) is 6.42 Å². The van der Waals surface area contributed by atoms with E-state index in [1.54, 1.807) is 13.8 Å². The molecular formula is C27H26FN3O4S. The average molecular weight is 508 g/mol. The van der Waals surface area contributed by atoms with Crippen LogP contribution >= 0.6 is 0 Å². The molecule has 0 fully saturated rings. The summed E-state index contributed by atoms with van der Waals surface area (Å²) in [6.07, 6.45) is 6.82. The summed E-state index contributed by atoms with van der Waals surface area (Å²) in [6, 6.07) is 16.1. The standard InChI is InChI=1S/C27H26FN3O4S/c1-4-27(2,3)31-36(34,35)25-15-10-20(18-29-25)17-24(32)23(16-19-8-6-5-7-9-19)30-26(33)21-11-13-22(28)14-12-21/h1,5-15,18,23,31H,16-17H2,2-3H3,(H,30,33)/t23-/m0/s1. The zero-order chi connectivity index (χ0) is 26.3. The van der Waals surface area contributed by atoms with Crippen molar-refractivity contribution in [2.45, 2.75) is 43.3 Å². The van der Waals surface area contributed by atoms with E-state index >= 15 is 0 Å². The van der Waals surface area contributed by atoms with Gasteiger partial charge in [-0.1, -0.05) is 42.3 Å². The maximum Gasteiger partial charge on any atom is 0.259 e. The Balaban J connectivity index is 1.77. The van der Waals surface area contributed by atoms with Gasteiger partial charge in [0.15, 0.2) is 10.8 Å². The zero-order valence-corrected chi connectivity index (χ0v) is 20.7. The Kier molecular flexibility index (Phi) is 8.35. The molecule has 9 heteroatoms. The zero-order valence-electron chi connectivity index (χ0n) is 19.9. The highest BCUT2D eigenvalue weighted by molar-refractivity contribution is 7.89. The SMILES string of the molecule is C#CC(C)(C)NS(=O)(=O)c1ccc(CC(=O)[C@H](Cc2ccccc2)NC(=O)c2ccc(F)cc2)cn1. The largest absolute Gasteiger partial charge is 0.342 e. The number of halogens is 1. The number of terminal acetylenes is 1. The number of nitrogens with zero attached hydrogens (tertiary/aromatic N) is 1. The van der Waals surface area contributed by atoms with Crippen LogP contribution in [0.2, 0.25) is 0 Å². The van der Waals surface area contributed by atoms with Gasteiger partial charge in [0.05, 0.1) is 11.6 Å². The van der Waals surface area contributed by atoms with Gasteiger partial charge < -0.3 is 5.32 Å². The van der Waals surface area contributed by atoms with Crippen molar-refractivity contribution >= 4 is 21.7 Å². The van der Waals surface area contributed by atoms with Gasteiger partial charge in [-0.2, -0.15) is 4.72 Å². The first kappa shape index (κ1) is 26.7. The molecule has 0 radical (unpaired) electrons. The maximum absolute atomic E-state index is 13.2. The number of hydrogen-bond acceptors (Lipinski definition) is 5. The number of carbonyl (C=O) groups excluding carboxylic acids is 2. The number of nitrogens with one attached hydrogen (secondary N) is 2. The number of rotatable bonds is 10. The van der Waals surface area contributed by atoms with Crippen LogP contribution in [0.5, 0.6) is 0 Å². The number of benzene rings is 2. The summed E-state index contributed by atoms with van der Waals surface area (Å²) in [5.74, 6) is 1.08. The third kappa shape index (κ3) is 7.31. The molecule has 3 rings (SSSR count). The highest BCUT2D eigenvalue weighted by atomic mass is 32.2. The predicted octanol–water partition coefficient (Wildman–Crippen LogP) is 3.06. The van der Waals surface area contributed by atoms with E-state index in [2.05, 4.69) is 20.9 Å². The molecule has 2 N–H and O–H groups in total. The van der Waals surface area contributed by atoms with Gasteiger partial charge in [0.2, 0.25) is 0 Å². The summed E-state index contributed by atoms with van der Waals surface area (Å²) in [5, 5.41) is 2.50. The summed E-state index contributed by atoms with van der Waals surface area (Å²) < 4.78 is 40.7. The minimum atomic E-state index is -3.95. The highest BCUT2D eigenvalue weighted by Crippen LogP contribution is 2.13. The van der Waals surface area contributed by atoms with Crippen molar-refractivity contribution in [3.63, 3.8) is 0 Å². The molecule has 1 amide bonds. The van der Waals surface area contributed by atoms with Gasteiger partial charge >= 0.3 is 0 Å². The molecule has 1 heterocycles. The van der Waals surface area contributed by atoms with Crippen LogP contribution in [0.4, 0.5) is 4.39 Å². The molecule has 0 bridgehead atoms. The highest BCUT2D eigenvalue weighted by Gasteiger charge is 2.26.